The molecule has 0 saturated heterocycles. The van der Waals surface area contributed by atoms with Crippen LogP contribution in [0.3, 0.4) is 0 Å². The minimum atomic E-state index is -0.0662. The molecule has 3 aromatic heterocycles. The minimum Gasteiger partial charge on any atom is -0.370 e. The number of aromatic nitrogens is 4. The van der Waals surface area contributed by atoms with E-state index in [-0.39, 0.29) is 5.56 Å². The molecule has 1 N–H and O–H groups in total. The summed E-state index contributed by atoms with van der Waals surface area (Å²) in [4.78, 5) is 27.8. The maximum atomic E-state index is 12.8. The zero-order chi connectivity index (χ0) is 18.5. The van der Waals surface area contributed by atoms with Crippen LogP contribution >= 0.6 is 23.1 Å². The fourth-order valence-corrected chi connectivity index (χ4v) is 4.03. The average Bonchev–Trinajstić information content (AvgIpc) is 3.03. The van der Waals surface area contributed by atoms with E-state index in [1.807, 2.05) is 31.4 Å². The monoisotopic (exact) mass is 385 g/mol. The molecule has 0 aromatic carbocycles. The first kappa shape index (κ1) is 18.3. The third-order valence-corrected chi connectivity index (χ3v) is 5.51. The Morgan fingerprint density at radius 3 is 3.00 bits per heavy atom. The fraction of sp³-hybridized carbons (Fsp3) is 0.222. The molecule has 6 nitrogen and oxygen atoms in total. The molecule has 134 valence electrons. The van der Waals surface area contributed by atoms with Gasteiger partial charge in [0.15, 0.2) is 0 Å². The van der Waals surface area contributed by atoms with Gasteiger partial charge in [-0.25, -0.2) is 15.0 Å². The van der Waals surface area contributed by atoms with E-state index in [9.17, 15) is 4.79 Å². The molecule has 0 spiro atoms. The number of nitrogens with zero attached hydrogens (tertiary/aromatic N) is 4. The number of hydrogen-bond acceptors (Lipinski definition) is 7. The molecule has 0 radical (unpaired) electrons. The number of thiophene rings is 1. The van der Waals surface area contributed by atoms with E-state index in [1.165, 1.54) is 17.7 Å². The molecule has 0 aliphatic heterocycles. The molecule has 0 unspecified atom stereocenters. The summed E-state index contributed by atoms with van der Waals surface area (Å²) in [5.74, 6) is 0.715. The second kappa shape index (κ2) is 8.29. The predicted molar refractivity (Wildman–Crippen MR) is 112 cm³/mol. The highest BCUT2D eigenvalue weighted by Crippen LogP contribution is 2.32. The summed E-state index contributed by atoms with van der Waals surface area (Å²) < 4.78 is 2.20. The first-order valence-electron chi connectivity index (χ1n) is 8.09. The SMILES string of the molecule is C=C/C=C(\C=C/Cn1cnc2c(sc3ncnc(NCC)c32)c1=O)SC. The van der Waals surface area contributed by atoms with Gasteiger partial charge in [0.05, 0.1) is 11.7 Å². The van der Waals surface area contributed by atoms with Gasteiger partial charge in [0.1, 0.15) is 27.2 Å². The molecular weight excluding hydrogens is 366 g/mol. The standard InChI is InChI=1S/C18H19N5OS2/c1-4-7-12(25-3)8-6-9-23-11-22-14-13-16(19-5-2)20-10-21-17(13)26-15(14)18(23)24/h4,6-8,10-11H,1,5,9H2,2-3H3,(H,19,20,21)/b8-6-,12-7+. The molecular formula is C18H19N5OS2. The molecule has 0 amide bonds. The molecule has 0 fully saturated rings. The molecule has 3 aromatic rings. The number of nitrogens with one attached hydrogen (secondary N) is 1. The van der Waals surface area contributed by atoms with E-state index in [0.717, 1.165) is 21.7 Å². The summed E-state index contributed by atoms with van der Waals surface area (Å²) in [7, 11) is 0. The summed E-state index contributed by atoms with van der Waals surface area (Å²) in [5, 5.41) is 4.02. The van der Waals surface area contributed by atoms with E-state index >= 15 is 0 Å². The van der Waals surface area contributed by atoms with Crippen molar-refractivity contribution >= 4 is 49.3 Å². The van der Waals surface area contributed by atoms with Gasteiger partial charge >= 0.3 is 0 Å². The van der Waals surface area contributed by atoms with E-state index in [1.54, 1.807) is 28.7 Å². The average molecular weight is 386 g/mol. The molecule has 26 heavy (non-hydrogen) atoms. The van der Waals surface area contributed by atoms with Crippen LogP contribution in [-0.2, 0) is 6.54 Å². The van der Waals surface area contributed by atoms with Crippen molar-refractivity contribution in [3.05, 3.63) is 58.8 Å². The van der Waals surface area contributed by atoms with E-state index in [2.05, 4.69) is 26.8 Å². The lowest BCUT2D eigenvalue weighted by Gasteiger charge is -2.04. The number of fused-ring (bicyclic) bond motifs is 3. The highest BCUT2D eigenvalue weighted by Gasteiger charge is 2.15. The molecule has 0 bridgehead atoms. The van der Waals surface area contributed by atoms with Crippen molar-refractivity contribution < 1.29 is 0 Å². The van der Waals surface area contributed by atoms with Crippen LogP contribution in [0.15, 0.2) is 53.2 Å². The Labute approximate surface area is 159 Å². The van der Waals surface area contributed by atoms with Crippen LogP contribution in [0.1, 0.15) is 6.92 Å². The quantitative estimate of drug-likeness (QED) is 0.623. The van der Waals surface area contributed by atoms with Crippen LogP contribution in [0.2, 0.25) is 0 Å². The molecule has 0 aliphatic rings. The number of allylic oxidation sites excluding steroid dienone is 4. The summed E-state index contributed by atoms with van der Waals surface area (Å²) in [6.45, 7) is 6.89. The first-order valence-corrected chi connectivity index (χ1v) is 10.1. The smallest absolute Gasteiger partial charge is 0.271 e. The molecule has 3 heterocycles. The lowest BCUT2D eigenvalue weighted by Crippen LogP contribution is -2.18. The van der Waals surface area contributed by atoms with Crippen LogP contribution in [0.25, 0.3) is 20.4 Å². The van der Waals surface area contributed by atoms with Crippen LogP contribution in [-0.4, -0.2) is 32.3 Å². The highest BCUT2D eigenvalue weighted by molar-refractivity contribution is 8.02. The second-order valence-electron chi connectivity index (χ2n) is 5.33. The number of anilines is 1. The van der Waals surface area contributed by atoms with Gasteiger partial charge in [-0.15, -0.1) is 23.1 Å². The van der Waals surface area contributed by atoms with Crippen molar-refractivity contribution in [3.63, 3.8) is 0 Å². The predicted octanol–water partition coefficient (Wildman–Crippen LogP) is 3.82. The first-order chi connectivity index (χ1) is 12.7. The lowest BCUT2D eigenvalue weighted by molar-refractivity contribution is 0.768. The minimum absolute atomic E-state index is 0.0662. The van der Waals surface area contributed by atoms with Gasteiger partial charge in [0, 0.05) is 18.0 Å². The Morgan fingerprint density at radius 2 is 2.27 bits per heavy atom. The second-order valence-corrected chi connectivity index (χ2v) is 7.20. The number of rotatable bonds is 7. The zero-order valence-electron chi connectivity index (χ0n) is 14.6. The number of hydrogen-bond donors (Lipinski definition) is 1. The van der Waals surface area contributed by atoms with Crippen LogP contribution in [0.4, 0.5) is 5.82 Å². The Kier molecular flexibility index (Phi) is 5.85. The van der Waals surface area contributed by atoms with Crippen LogP contribution < -0.4 is 10.9 Å². The van der Waals surface area contributed by atoms with Crippen molar-refractivity contribution in [3.8, 4) is 0 Å². The molecule has 8 heteroatoms. The maximum Gasteiger partial charge on any atom is 0.271 e. The Morgan fingerprint density at radius 1 is 1.42 bits per heavy atom. The Bertz CT molecular complexity index is 1060. The Hall–Kier alpha value is -2.45. The topological polar surface area (TPSA) is 72.7 Å². The molecule has 0 saturated carbocycles. The van der Waals surface area contributed by atoms with Gasteiger partial charge in [-0.3, -0.25) is 9.36 Å². The van der Waals surface area contributed by atoms with Crippen LogP contribution in [0.5, 0.6) is 0 Å². The van der Waals surface area contributed by atoms with Gasteiger partial charge in [0.2, 0.25) is 0 Å². The van der Waals surface area contributed by atoms with E-state index < -0.39 is 0 Å². The van der Waals surface area contributed by atoms with Crippen LogP contribution in [0, 0.1) is 0 Å². The van der Waals surface area contributed by atoms with Gasteiger partial charge in [-0.05, 0) is 19.3 Å². The highest BCUT2D eigenvalue weighted by atomic mass is 32.2. The molecule has 0 aliphatic carbocycles. The van der Waals surface area contributed by atoms with E-state index in [0.29, 0.717) is 22.6 Å². The van der Waals surface area contributed by atoms with Crippen molar-refractivity contribution in [2.75, 3.05) is 18.1 Å². The largest absolute Gasteiger partial charge is 0.370 e. The van der Waals surface area contributed by atoms with Crippen molar-refractivity contribution in [1.29, 1.82) is 0 Å². The lowest BCUT2D eigenvalue weighted by atomic mass is 10.3. The summed E-state index contributed by atoms with van der Waals surface area (Å²) in [5.41, 5.74) is 0.589. The normalized spacial score (nSPS) is 12.3. The maximum absolute atomic E-state index is 12.8. The third kappa shape index (κ3) is 3.56. The van der Waals surface area contributed by atoms with Crippen molar-refractivity contribution in [1.82, 2.24) is 19.5 Å². The van der Waals surface area contributed by atoms with Gasteiger partial charge in [0.25, 0.3) is 5.56 Å². The molecule has 0 atom stereocenters. The fourth-order valence-electron chi connectivity index (χ4n) is 2.52. The van der Waals surface area contributed by atoms with Crippen molar-refractivity contribution in [2.24, 2.45) is 0 Å². The Balaban J connectivity index is 2.01. The van der Waals surface area contributed by atoms with E-state index in [4.69, 9.17) is 0 Å². The summed E-state index contributed by atoms with van der Waals surface area (Å²) >= 11 is 2.98. The van der Waals surface area contributed by atoms with Gasteiger partial charge < -0.3 is 5.32 Å². The zero-order valence-corrected chi connectivity index (χ0v) is 16.2. The van der Waals surface area contributed by atoms with Gasteiger partial charge in [-0.1, -0.05) is 24.8 Å². The van der Waals surface area contributed by atoms with Gasteiger partial charge in [-0.2, -0.15) is 0 Å². The van der Waals surface area contributed by atoms with Crippen molar-refractivity contribution in [2.45, 2.75) is 13.5 Å². The summed E-state index contributed by atoms with van der Waals surface area (Å²) in [6, 6.07) is 0. The number of thioether (sulfide) groups is 1. The molecule has 3 rings (SSSR count). The third-order valence-electron chi connectivity index (χ3n) is 3.69. The summed E-state index contributed by atoms with van der Waals surface area (Å²) in [6.07, 6.45) is 12.7.